The third kappa shape index (κ3) is 11.5. The number of hydrogen-bond donors (Lipinski definition) is 5. The first-order valence-corrected chi connectivity index (χ1v) is 13.8. The van der Waals surface area contributed by atoms with Crippen LogP contribution in [0.5, 0.6) is 0 Å². The van der Waals surface area contributed by atoms with Gasteiger partial charge in [-0.2, -0.15) is 0 Å². The maximum Gasteiger partial charge on any atom is 0.105 e. The van der Waals surface area contributed by atoms with Crippen LogP contribution in [-0.4, -0.2) is 67.1 Å². The van der Waals surface area contributed by atoms with Gasteiger partial charge < -0.3 is 25.4 Å². The van der Waals surface area contributed by atoms with Crippen molar-refractivity contribution in [1.82, 2.24) is 10.6 Å². The highest BCUT2D eigenvalue weighted by Crippen LogP contribution is 2.41. The third-order valence-electron chi connectivity index (χ3n) is 7.99. The first-order chi connectivity index (χ1) is 16.1. The van der Waals surface area contributed by atoms with E-state index in [1.165, 1.54) is 32.1 Å². The molecule has 0 spiro atoms. The van der Waals surface area contributed by atoms with Gasteiger partial charge in [-0.1, -0.05) is 39.3 Å². The van der Waals surface area contributed by atoms with Crippen molar-refractivity contribution in [1.29, 1.82) is 0 Å². The summed E-state index contributed by atoms with van der Waals surface area (Å²) < 4.78 is 5.94. The predicted molar refractivity (Wildman–Crippen MR) is 139 cm³/mol. The number of hydrogen-bond acceptors (Lipinski definition) is 6. The van der Waals surface area contributed by atoms with E-state index in [1.807, 2.05) is 0 Å². The van der Waals surface area contributed by atoms with E-state index in [4.69, 9.17) is 4.74 Å². The summed E-state index contributed by atoms with van der Waals surface area (Å²) in [7, 11) is 1.75. The lowest BCUT2D eigenvalue weighted by Gasteiger charge is -2.30. The first kappa shape index (κ1) is 29.7. The minimum Gasteiger partial charge on any atom is -0.396 e. The van der Waals surface area contributed by atoms with E-state index in [0.717, 1.165) is 31.2 Å². The van der Waals surface area contributed by atoms with E-state index in [9.17, 15) is 15.3 Å². The molecule has 2 fully saturated rings. The maximum absolute atomic E-state index is 10.8. The molecule has 200 valence electrons. The normalized spacial score (nSPS) is 28.0. The quantitative estimate of drug-likeness (QED) is 0.160. The van der Waals surface area contributed by atoms with Crippen molar-refractivity contribution < 1.29 is 20.1 Å². The SMILES string of the molecule is CNC(O)CC(C)(C)COC[C@@H](CCO)NCC[C@H](C)C(O)CC1CCC(/C=C2/CC2C)CC1. The topological polar surface area (TPSA) is 94.0 Å². The Morgan fingerprint density at radius 3 is 2.41 bits per heavy atom. The summed E-state index contributed by atoms with van der Waals surface area (Å²) in [4.78, 5) is 0. The molecule has 0 aliphatic heterocycles. The van der Waals surface area contributed by atoms with Crippen molar-refractivity contribution in [3.05, 3.63) is 11.6 Å². The molecule has 0 heterocycles. The zero-order chi connectivity index (χ0) is 25.1. The molecule has 3 unspecified atom stereocenters. The molecule has 0 radical (unpaired) electrons. The second kappa shape index (κ2) is 14.9. The summed E-state index contributed by atoms with van der Waals surface area (Å²) in [6, 6.07) is 0.0953. The highest BCUT2D eigenvalue weighted by atomic mass is 16.5. The molecule has 34 heavy (non-hydrogen) atoms. The summed E-state index contributed by atoms with van der Waals surface area (Å²) in [5, 5.41) is 36.4. The van der Waals surface area contributed by atoms with Crippen molar-refractivity contribution in [3.63, 3.8) is 0 Å². The Morgan fingerprint density at radius 1 is 1.15 bits per heavy atom. The number of ether oxygens (including phenoxy) is 1. The van der Waals surface area contributed by atoms with Crippen molar-refractivity contribution in [2.75, 3.05) is 33.4 Å². The van der Waals surface area contributed by atoms with Crippen LogP contribution in [0, 0.1) is 29.1 Å². The van der Waals surface area contributed by atoms with Crippen LogP contribution in [0.2, 0.25) is 0 Å². The molecule has 2 rings (SSSR count). The smallest absolute Gasteiger partial charge is 0.105 e. The fourth-order valence-electron chi connectivity index (χ4n) is 5.26. The lowest BCUT2D eigenvalue weighted by Crippen LogP contribution is -2.38. The fourth-order valence-corrected chi connectivity index (χ4v) is 5.26. The molecule has 5 atom stereocenters. The van der Waals surface area contributed by atoms with E-state index in [2.05, 4.69) is 44.4 Å². The summed E-state index contributed by atoms with van der Waals surface area (Å²) in [5.74, 6) is 2.54. The molecule has 2 aliphatic carbocycles. The second-order valence-electron chi connectivity index (χ2n) is 12.0. The molecule has 0 amide bonds. The van der Waals surface area contributed by atoms with Crippen LogP contribution >= 0.6 is 0 Å². The monoisotopic (exact) mass is 482 g/mol. The Morgan fingerprint density at radius 2 is 1.82 bits per heavy atom. The van der Waals surface area contributed by atoms with Crippen LogP contribution in [0.15, 0.2) is 11.6 Å². The van der Waals surface area contributed by atoms with Crippen LogP contribution in [0.3, 0.4) is 0 Å². The van der Waals surface area contributed by atoms with E-state index < -0.39 is 6.23 Å². The van der Waals surface area contributed by atoms with Gasteiger partial charge in [-0.3, -0.25) is 5.32 Å². The molecule has 2 aliphatic rings. The van der Waals surface area contributed by atoms with Crippen LogP contribution < -0.4 is 10.6 Å². The zero-order valence-electron chi connectivity index (χ0n) is 22.6. The van der Waals surface area contributed by atoms with Crippen molar-refractivity contribution in [3.8, 4) is 0 Å². The molecule has 5 N–H and O–H groups in total. The van der Waals surface area contributed by atoms with E-state index in [-0.39, 0.29) is 30.1 Å². The van der Waals surface area contributed by atoms with Crippen molar-refractivity contribution in [2.24, 2.45) is 29.1 Å². The fraction of sp³-hybridized carbons (Fsp3) is 0.929. The van der Waals surface area contributed by atoms with E-state index in [0.29, 0.717) is 32.0 Å². The Hall–Kier alpha value is -0.500. The molecular weight excluding hydrogens is 428 g/mol. The number of allylic oxidation sites excluding steroid dienone is 2. The maximum atomic E-state index is 10.8. The zero-order valence-corrected chi connectivity index (χ0v) is 22.6. The molecule has 6 nitrogen and oxygen atoms in total. The molecule has 0 aromatic heterocycles. The van der Waals surface area contributed by atoms with Crippen LogP contribution in [0.25, 0.3) is 0 Å². The molecule has 2 saturated carbocycles. The Balaban J connectivity index is 1.61. The summed E-state index contributed by atoms with van der Waals surface area (Å²) in [5.41, 5.74) is 1.54. The molecular formula is C28H54N2O4. The average molecular weight is 483 g/mol. The highest BCUT2D eigenvalue weighted by molar-refractivity contribution is 5.22. The van der Waals surface area contributed by atoms with Crippen LogP contribution in [-0.2, 0) is 4.74 Å². The van der Waals surface area contributed by atoms with Gasteiger partial charge in [-0.15, -0.1) is 0 Å². The van der Waals surface area contributed by atoms with E-state index in [1.54, 1.807) is 12.6 Å². The standard InChI is InChI=1S/C28H54N2O4/c1-20(26(32)16-23-8-6-22(7-9-23)15-24-14-21(24)2)10-12-30-25(11-13-31)18-34-19-28(3,4)17-27(33)29-5/h15,20-23,25-27,29-33H,6-14,16-19H2,1-5H3/b24-15-/t20-,21?,22?,23?,25+,26?,27?/m0/s1. The Kier molecular flexibility index (Phi) is 13.0. The lowest BCUT2D eigenvalue weighted by molar-refractivity contribution is 0.00998. The van der Waals surface area contributed by atoms with Crippen molar-refractivity contribution in [2.45, 2.75) is 104 Å². The molecule has 0 aromatic rings. The molecule has 0 aromatic carbocycles. The predicted octanol–water partition coefficient (Wildman–Crippen LogP) is 3.85. The number of aliphatic hydroxyl groups is 3. The average Bonchev–Trinajstić information content (AvgIpc) is 3.48. The molecule has 0 bridgehead atoms. The molecule has 0 saturated heterocycles. The van der Waals surface area contributed by atoms with E-state index >= 15 is 0 Å². The summed E-state index contributed by atoms with van der Waals surface area (Å²) in [6.07, 6.45) is 11.3. The van der Waals surface area contributed by atoms with Gasteiger partial charge >= 0.3 is 0 Å². The van der Waals surface area contributed by atoms with Crippen LogP contribution in [0.1, 0.15) is 85.5 Å². The minimum absolute atomic E-state index is 0.0953. The first-order valence-electron chi connectivity index (χ1n) is 13.8. The second-order valence-corrected chi connectivity index (χ2v) is 12.0. The Bertz CT molecular complexity index is 589. The third-order valence-corrected chi connectivity index (χ3v) is 7.99. The molecule has 6 heteroatoms. The van der Waals surface area contributed by atoms with Gasteiger partial charge in [-0.05, 0) is 100 Å². The number of aliphatic hydroxyl groups excluding tert-OH is 3. The van der Waals surface area contributed by atoms with Gasteiger partial charge in [-0.25, -0.2) is 0 Å². The van der Waals surface area contributed by atoms with Crippen molar-refractivity contribution >= 4 is 0 Å². The van der Waals surface area contributed by atoms with Gasteiger partial charge in [0.15, 0.2) is 0 Å². The number of nitrogens with one attached hydrogen (secondary N) is 2. The summed E-state index contributed by atoms with van der Waals surface area (Å²) in [6.45, 7) is 10.7. The van der Waals surface area contributed by atoms with Gasteiger partial charge in [0.1, 0.15) is 6.23 Å². The lowest BCUT2D eigenvalue weighted by atomic mass is 9.78. The Labute approximate surface area is 208 Å². The van der Waals surface area contributed by atoms with Crippen LogP contribution in [0.4, 0.5) is 0 Å². The number of rotatable bonds is 17. The van der Waals surface area contributed by atoms with Gasteiger partial charge in [0.2, 0.25) is 0 Å². The van der Waals surface area contributed by atoms with Gasteiger partial charge in [0.25, 0.3) is 0 Å². The largest absolute Gasteiger partial charge is 0.396 e. The van der Waals surface area contributed by atoms with Gasteiger partial charge in [0.05, 0.1) is 19.3 Å². The summed E-state index contributed by atoms with van der Waals surface area (Å²) >= 11 is 0. The van der Waals surface area contributed by atoms with Gasteiger partial charge in [0, 0.05) is 12.6 Å². The minimum atomic E-state index is -0.531. The highest BCUT2D eigenvalue weighted by Gasteiger charge is 2.28.